The maximum atomic E-state index is 12.9. The second kappa shape index (κ2) is 10.4. The predicted molar refractivity (Wildman–Crippen MR) is 140 cm³/mol. The number of likely N-dealkylation sites (N-methyl/N-ethyl adjacent to an activating group) is 1. The molecule has 0 atom stereocenters. The Labute approximate surface area is 215 Å². The van der Waals surface area contributed by atoms with E-state index in [-0.39, 0.29) is 29.5 Å². The molecule has 1 N–H and O–H groups in total. The average molecular weight is 497 g/mol. The van der Waals surface area contributed by atoms with Gasteiger partial charge in [0.05, 0.1) is 11.1 Å². The Morgan fingerprint density at radius 2 is 1.43 bits per heavy atom. The van der Waals surface area contributed by atoms with Crippen molar-refractivity contribution < 1.29 is 19.2 Å². The van der Waals surface area contributed by atoms with Gasteiger partial charge >= 0.3 is 0 Å². The van der Waals surface area contributed by atoms with Crippen molar-refractivity contribution in [1.82, 2.24) is 14.7 Å². The third-order valence-electron chi connectivity index (χ3n) is 6.88. The fourth-order valence-electron chi connectivity index (χ4n) is 4.61. The molecule has 0 radical (unpaired) electrons. The van der Waals surface area contributed by atoms with Gasteiger partial charge in [0.2, 0.25) is 0 Å². The van der Waals surface area contributed by atoms with E-state index in [2.05, 4.69) is 10.2 Å². The highest BCUT2D eigenvalue weighted by atomic mass is 16.2. The third kappa shape index (κ3) is 5.15. The van der Waals surface area contributed by atoms with Gasteiger partial charge in [-0.15, -0.1) is 0 Å². The Balaban J connectivity index is 1.23. The molecule has 5 rings (SSSR count). The fourth-order valence-corrected chi connectivity index (χ4v) is 4.61. The van der Waals surface area contributed by atoms with E-state index in [1.54, 1.807) is 30.3 Å². The zero-order valence-electron chi connectivity index (χ0n) is 20.6. The van der Waals surface area contributed by atoms with Crippen LogP contribution in [0, 0.1) is 0 Å². The van der Waals surface area contributed by atoms with Gasteiger partial charge in [-0.05, 0) is 61.5 Å². The van der Waals surface area contributed by atoms with Crippen LogP contribution in [-0.4, -0.2) is 78.1 Å². The molecule has 0 unspecified atom stereocenters. The van der Waals surface area contributed by atoms with Gasteiger partial charge in [0.25, 0.3) is 23.6 Å². The lowest BCUT2D eigenvalue weighted by Crippen LogP contribution is -2.47. The summed E-state index contributed by atoms with van der Waals surface area (Å²) in [4.78, 5) is 56.6. The van der Waals surface area contributed by atoms with Crippen molar-refractivity contribution in [1.29, 1.82) is 0 Å². The number of benzene rings is 3. The van der Waals surface area contributed by atoms with Crippen LogP contribution in [0.15, 0.2) is 72.8 Å². The second-order valence-electron chi connectivity index (χ2n) is 9.38. The number of piperazine rings is 1. The summed E-state index contributed by atoms with van der Waals surface area (Å²) in [7, 11) is 2.04. The number of nitrogens with zero attached hydrogens (tertiary/aromatic N) is 3. The molecule has 8 nitrogen and oxygen atoms in total. The van der Waals surface area contributed by atoms with Crippen molar-refractivity contribution in [2.75, 3.05) is 45.1 Å². The number of fused-ring (bicyclic) bond motifs is 1. The van der Waals surface area contributed by atoms with Crippen LogP contribution in [0.5, 0.6) is 0 Å². The Morgan fingerprint density at radius 1 is 0.784 bits per heavy atom. The first-order chi connectivity index (χ1) is 17.9. The van der Waals surface area contributed by atoms with Crippen LogP contribution in [0.25, 0.3) is 0 Å². The van der Waals surface area contributed by atoms with Gasteiger partial charge in [-0.25, -0.2) is 0 Å². The summed E-state index contributed by atoms with van der Waals surface area (Å²) in [6, 6.07) is 21.0. The normalized spacial score (nSPS) is 15.6. The average Bonchev–Trinajstić information content (AvgIpc) is 3.17. The summed E-state index contributed by atoms with van der Waals surface area (Å²) in [5, 5.41) is 2.80. The van der Waals surface area contributed by atoms with Gasteiger partial charge in [0, 0.05) is 49.5 Å². The van der Waals surface area contributed by atoms with Gasteiger partial charge in [0.15, 0.2) is 0 Å². The van der Waals surface area contributed by atoms with E-state index < -0.39 is 11.8 Å². The van der Waals surface area contributed by atoms with Gasteiger partial charge in [-0.3, -0.25) is 24.1 Å². The maximum Gasteiger partial charge on any atom is 0.261 e. The molecule has 188 valence electrons. The molecular weight excluding hydrogens is 468 g/mol. The van der Waals surface area contributed by atoms with Crippen LogP contribution in [0.4, 0.5) is 5.69 Å². The second-order valence-corrected chi connectivity index (χ2v) is 9.38. The number of rotatable bonds is 6. The lowest BCUT2D eigenvalue weighted by atomic mass is 10.1. The number of carbonyl (C=O) groups excluding carboxylic acids is 4. The number of amides is 4. The Bertz CT molecular complexity index is 1350. The zero-order chi connectivity index (χ0) is 25.9. The highest BCUT2D eigenvalue weighted by molar-refractivity contribution is 6.22. The van der Waals surface area contributed by atoms with E-state index in [1.165, 1.54) is 17.0 Å². The largest absolute Gasteiger partial charge is 0.336 e. The summed E-state index contributed by atoms with van der Waals surface area (Å²) in [6.07, 6.45) is 0.562. The molecule has 37 heavy (non-hydrogen) atoms. The summed E-state index contributed by atoms with van der Waals surface area (Å²) in [5.74, 6) is -1.16. The molecule has 1 fully saturated rings. The van der Waals surface area contributed by atoms with E-state index in [0.29, 0.717) is 36.3 Å². The summed E-state index contributed by atoms with van der Waals surface area (Å²) in [6.45, 7) is 3.35. The van der Waals surface area contributed by atoms with Crippen molar-refractivity contribution in [3.8, 4) is 0 Å². The van der Waals surface area contributed by atoms with Crippen LogP contribution in [0.1, 0.15) is 47.0 Å². The Morgan fingerprint density at radius 3 is 2.14 bits per heavy atom. The number of carbonyl (C=O) groups is 4. The highest BCUT2D eigenvalue weighted by Crippen LogP contribution is 2.25. The van der Waals surface area contributed by atoms with Crippen molar-refractivity contribution in [3.05, 3.63) is 101 Å². The molecule has 2 aliphatic heterocycles. The molecule has 0 aliphatic carbocycles. The number of hydrogen-bond acceptors (Lipinski definition) is 5. The Kier molecular flexibility index (Phi) is 6.83. The Hall–Kier alpha value is -4.30. The first kappa shape index (κ1) is 24.4. The molecule has 2 heterocycles. The number of nitrogens with one attached hydrogen (secondary N) is 1. The molecule has 0 bridgehead atoms. The first-order valence-electron chi connectivity index (χ1n) is 12.3. The lowest BCUT2D eigenvalue weighted by Gasteiger charge is -2.32. The van der Waals surface area contributed by atoms with E-state index in [4.69, 9.17) is 0 Å². The smallest absolute Gasteiger partial charge is 0.261 e. The van der Waals surface area contributed by atoms with Gasteiger partial charge in [0.1, 0.15) is 0 Å². The molecule has 2 aliphatic rings. The molecule has 3 aromatic rings. The SMILES string of the molecule is CN1CCN(C(=O)c2ccc(NC(=O)c3ccc4c(c3)C(=O)N(CCc3ccccc3)C4=O)cc2)CC1. The summed E-state index contributed by atoms with van der Waals surface area (Å²) < 4.78 is 0. The topological polar surface area (TPSA) is 90.0 Å². The minimum Gasteiger partial charge on any atom is -0.336 e. The van der Waals surface area contributed by atoms with Crippen LogP contribution in [0.3, 0.4) is 0 Å². The third-order valence-corrected chi connectivity index (χ3v) is 6.88. The van der Waals surface area contributed by atoms with Crippen LogP contribution in [0.2, 0.25) is 0 Å². The summed E-state index contributed by atoms with van der Waals surface area (Å²) >= 11 is 0. The van der Waals surface area contributed by atoms with Crippen LogP contribution < -0.4 is 5.32 Å². The van der Waals surface area contributed by atoms with Crippen LogP contribution >= 0.6 is 0 Å². The molecule has 1 saturated heterocycles. The minimum absolute atomic E-state index is 0.0235. The molecule has 3 aromatic carbocycles. The van der Waals surface area contributed by atoms with Crippen molar-refractivity contribution in [2.45, 2.75) is 6.42 Å². The van der Waals surface area contributed by atoms with Gasteiger partial charge < -0.3 is 15.1 Å². The quantitative estimate of drug-likeness (QED) is 0.530. The van der Waals surface area contributed by atoms with Gasteiger partial charge in [-0.2, -0.15) is 0 Å². The molecule has 0 aromatic heterocycles. The molecule has 0 saturated carbocycles. The zero-order valence-corrected chi connectivity index (χ0v) is 20.6. The van der Waals surface area contributed by atoms with E-state index in [1.807, 2.05) is 42.3 Å². The van der Waals surface area contributed by atoms with E-state index in [9.17, 15) is 19.2 Å². The van der Waals surface area contributed by atoms with Crippen molar-refractivity contribution in [3.63, 3.8) is 0 Å². The predicted octanol–water partition coefficient (Wildman–Crippen LogP) is 3.17. The molecule has 4 amide bonds. The standard InChI is InChI=1S/C29H28N4O4/c1-31-15-17-32(18-16-31)27(35)21-7-10-23(11-8-21)30-26(34)22-9-12-24-25(19-22)29(37)33(28(24)36)14-13-20-5-3-2-4-6-20/h2-12,19H,13-18H2,1H3,(H,30,34). The number of imide groups is 1. The van der Waals surface area contributed by atoms with Gasteiger partial charge in [-0.1, -0.05) is 30.3 Å². The number of hydrogen-bond donors (Lipinski definition) is 1. The highest BCUT2D eigenvalue weighted by Gasteiger charge is 2.35. The minimum atomic E-state index is -0.399. The fraction of sp³-hybridized carbons (Fsp3) is 0.241. The maximum absolute atomic E-state index is 12.9. The lowest BCUT2D eigenvalue weighted by molar-refractivity contribution is 0.0649. The number of anilines is 1. The monoisotopic (exact) mass is 496 g/mol. The molecule has 8 heteroatoms. The van der Waals surface area contributed by atoms with Crippen molar-refractivity contribution >= 4 is 29.3 Å². The van der Waals surface area contributed by atoms with Crippen molar-refractivity contribution in [2.24, 2.45) is 0 Å². The first-order valence-corrected chi connectivity index (χ1v) is 12.3. The van der Waals surface area contributed by atoms with Crippen LogP contribution in [-0.2, 0) is 6.42 Å². The van der Waals surface area contributed by atoms with E-state index >= 15 is 0 Å². The molecule has 0 spiro atoms. The molecular formula is C29H28N4O4. The summed E-state index contributed by atoms with van der Waals surface area (Å²) in [5.41, 5.74) is 2.96. The van der Waals surface area contributed by atoms with E-state index in [0.717, 1.165) is 18.7 Å².